The Morgan fingerprint density at radius 3 is 1.83 bits per heavy atom. The highest BCUT2D eigenvalue weighted by molar-refractivity contribution is 5.74. The highest BCUT2D eigenvalue weighted by Gasteiger charge is 2.30. The molecule has 200 valence electrons. The molecule has 0 N–H and O–H groups in total. The number of aromatic nitrogens is 3. The molecule has 0 saturated heterocycles. The van der Waals surface area contributed by atoms with Crippen LogP contribution < -0.4 is 0 Å². The minimum absolute atomic E-state index is 0.229. The molecule has 0 spiro atoms. The van der Waals surface area contributed by atoms with Gasteiger partial charge in [-0.3, -0.25) is 0 Å². The first-order chi connectivity index (χ1) is 17.8. The Balaban J connectivity index is 1.53. The summed E-state index contributed by atoms with van der Waals surface area (Å²) in [6, 6.07) is 8.09. The monoisotopic (exact) mass is 493 g/mol. The molecule has 4 nitrogen and oxygen atoms in total. The number of nitrogens with zero attached hydrogens (tertiary/aromatic N) is 3. The third-order valence-electron chi connectivity index (χ3n) is 7.52. The van der Waals surface area contributed by atoms with E-state index in [9.17, 15) is 0 Å². The van der Waals surface area contributed by atoms with Gasteiger partial charge in [0, 0.05) is 6.61 Å². The summed E-state index contributed by atoms with van der Waals surface area (Å²) in [7, 11) is 0. The van der Waals surface area contributed by atoms with Gasteiger partial charge in [0.15, 0.2) is 0 Å². The van der Waals surface area contributed by atoms with Gasteiger partial charge in [-0.2, -0.15) is 4.80 Å². The van der Waals surface area contributed by atoms with Gasteiger partial charge >= 0.3 is 0 Å². The maximum Gasteiger partial charge on any atom is 0.113 e. The summed E-state index contributed by atoms with van der Waals surface area (Å²) in [5.74, 6) is 0. The van der Waals surface area contributed by atoms with Crippen LogP contribution >= 0.6 is 0 Å². The summed E-state index contributed by atoms with van der Waals surface area (Å²) in [4.78, 5) is 1.79. The molecule has 0 saturated carbocycles. The van der Waals surface area contributed by atoms with Gasteiger partial charge in [0.05, 0.1) is 11.3 Å². The Kier molecular flexibility index (Phi) is 13.3. The second-order valence-corrected chi connectivity index (χ2v) is 10.8. The molecule has 0 bridgehead atoms. The van der Waals surface area contributed by atoms with Crippen LogP contribution in [0.15, 0.2) is 42.5 Å². The minimum atomic E-state index is -0.229. The zero-order chi connectivity index (χ0) is 25.3. The smallest absolute Gasteiger partial charge is 0.113 e. The van der Waals surface area contributed by atoms with E-state index in [-0.39, 0.29) is 5.60 Å². The molecule has 1 unspecified atom stereocenters. The number of hydrogen-bond acceptors (Lipinski definition) is 3. The Morgan fingerprint density at radius 1 is 0.722 bits per heavy atom. The fourth-order valence-corrected chi connectivity index (χ4v) is 5.27. The van der Waals surface area contributed by atoms with Gasteiger partial charge in [0.25, 0.3) is 0 Å². The number of benzene rings is 1. The molecular weight excluding hydrogens is 442 g/mol. The Labute approximate surface area is 220 Å². The van der Waals surface area contributed by atoms with Gasteiger partial charge in [0.2, 0.25) is 0 Å². The highest BCUT2D eigenvalue weighted by atomic mass is 16.5. The first-order valence-corrected chi connectivity index (χ1v) is 15.1. The van der Waals surface area contributed by atoms with E-state index in [2.05, 4.69) is 32.1 Å². The van der Waals surface area contributed by atoms with Crippen molar-refractivity contribution in [3.8, 4) is 0 Å². The van der Waals surface area contributed by atoms with Crippen molar-refractivity contribution in [1.29, 1.82) is 0 Å². The summed E-state index contributed by atoms with van der Waals surface area (Å²) < 4.78 is 6.69. The molecule has 1 aromatic heterocycles. The van der Waals surface area contributed by atoms with E-state index in [1.807, 2.05) is 24.3 Å². The SMILES string of the molecule is CCCCCCCCCCCCC1(OCCCCCCCC)C=C(n2nc3ccccc3n2)C=CC1. The van der Waals surface area contributed by atoms with Gasteiger partial charge in [0.1, 0.15) is 11.0 Å². The zero-order valence-corrected chi connectivity index (χ0v) is 23.2. The predicted molar refractivity (Wildman–Crippen MR) is 154 cm³/mol. The number of rotatable bonds is 20. The Morgan fingerprint density at radius 2 is 1.25 bits per heavy atom. The number of unbranched alkanes of at least 4 members (excludes halogenated alkanes) is 14. The van der Waals surface area contributed by atoms with Crippen LogP contribution in [0.1, 0.15) is 129 Å². The summed E-state index contributed by atoms with van der Waals surface area (Å²) in [6.07, 6.45) is 30.1. The van der Waals surface area contributed by atoms with Crippen LogP contribution in [-0.2, 0) is 4.74 Å². The van der Waals surface area contributed by atoms with Crippen LogP contribution in [0.2, 0.25) is 0 Å². The third-order valence-corrected chi connectivity index (χ3v) is 7.52. The van der Waals surface area contributed by atoms with Gasteiger partial charge < -0.3 is 4.74 Å². The van der Waals surface area contributed by atoms with Crippen LogP contribution in [0.5, 0.6) is 0 Å². The van der Waals surface area contributed by atoms with E-state index >= 15 is 0 Å². The van der Waals surface area contributed by atoms with Gasteiger partial charge in [-0.15, -0.1) is 10.2 Å². The van der Waals surface area contributed by atoms with Crippen LogP contribution in [-0.4, -0.2) is 27.2 Å². The summed E-state index contributed by atoms with van der Waals surface area (Å²) in [5, 5.41) is 9.45. The number of hydrogen-bond donors (Lipinski definition) is 0. The average molecular weight is 494 g/mol. The standard InChI is InChI=1S/C32H51N3O/c1-3-5-7-9-11-12-13-14-15-19-25-32(36-27-20-16-10-8-6-4-2)26-21-22-29(28-32)35-33-30-23-17-18-24-31(30)34-35/h17-18,21-24,28H,3-16,19-20,25-27H2,1-2H3. The molecule has 1 aliphatic carbocycles. The molecule has 0 fully saturated rings. The van der Waals surface area contributed by atoms with Crippen molar-refractivity contribution in [2.24, 2.45) is 0 Å². The fourth-order valence-electron chi connectivity index (χ4n) is 5.27. The van der Waals surface area contributed by atoms with Crippen molar-refractivity contribution in [2.75, 3.05) is 6.61 Å². The van der Waals surface area contributed by atoms with E-state index in [4.69, 9.17) is 14.9 Å². The first-order valence-electron chi connectivity index (χ1n) is 15.1. The molecule has 1 aliphatic rings. The van der Waals surface area contributed by atoms with E-state index in [1.54, 1.807) is 4.80 Å². The molecule has 0 amide bonds. The molecular formula is C32H51N3O. The zero-order valence-electron chi connectivity index (χ0n) is 23.2. The van der Waals surface area contributed by atoms with Crippen LogP contribution in [0.3, 0.4) is 0 Å². The van der Waals surface area contributed by atoms with Crippen molar-refractivity contribution < 1.29 is 4.74 Å². The largest absolute Gasteiger partial charge is 0.371 e. The second-order valence-electron chi connectivity index (χ2n) is 10.8. The topological polar surface area (TPSA) is 39.9 Å². The molecule has 0 radical (unpaired) electrons. The van der Waals surface area contributed by atoms with Crippen molar-refractivity contribution >= 4 is 16.7 Å². The molecule has 2 aromatic rings. The van der Waals surface area contributed by atoms with E-state index in [1.165, 1.54) is 96.3 Å². The average Bonchev–Trinajstić information content (AvgIpc) is 3.34. The molecule has 36 heavy (non-hydrogen) atoms. The molecule has 0 aliphatic heterocycles. The van der Waals surface area contributed by atoms with Gasteiger partial charge in [-0.1, -0.05) is 128 Å². The summed E-state index contributed by atoms with van der Waals surface area (Å²) in [6.45, 7) is 5.41. The van der Waals surface area contributed by atoms with Crippen molar-refractivity contribution in [1.82, 2.24) is 15.0 Å². The first kappa shape index (κ1) is 28.6. The minimum Gasteiger partial charge on any atom is -0.371 e. The summed E-state index contributed by atoms with van der Waals surface area (Å²) >= 11 is 0. The van der Waals surface area contributed by atoms with Gasteiger partial charge in [-0.25, -0.2) is 0 Å². The molecule has 1 atom stereocenters. The lowest BCUT2D eigenvalue weighted by molar-refractivity contribution is -0.0165. The highest BCUT2D eigenvalue weighted by Crippen LogP contribution is 2.33. The lowest BCUT2D eigenvalue weighted by atomic mass is 9.87. The molecule has 4 heteroatoms. The van der Waals surface area contributed by atoms with Crippen molar-refractivity contribution in [3.63, 3.8) is 0 Å². The van der Waals surface area contributed by atoms with Crippen LogP contribution in [0.4, 0.5) is 0 Å². The number of fused-ring (bicyclic) bond motifs is 1. The van der Waals surface area contributed by atoms with Crippen LogP contribution in [0, 0.1) is 0 Å². The predicted octanol–water partition coefficient (Wildman–Crippen LogP) is 9.66. The van der Waals surface area contributed by atoms with Crippen molar-refractivity contribution in [3.05, 3.63) is 42.5 Å². The van der Waals surface area contributed by atoms with Crippen LogP contribution in [0.25, 0.3) is 16.7 Å². The number of allylic oxidation sites excluding steroid dienone is 2. The second kappa shape index (κ2) is 16.7. The molecule has 1 aromatic carbocycles. The fraction of sp³-hybridized carbons (Fsp3) is 0.688. The summed E-state index contributed by atoms with van der Waals surface area (Å²) in [5.41, 5.74) is 2.68. The van der Waals surface area contributed by atoms with Crippen molar-refractivity contribution in [2.45, 2.75) is 135 Å². The maximum atomic E-state index is 6.69. The number of ether oxygens (including phenoxy) is 1. The maximum absolute atomic E-state index is 6.69. The third kappa shape index (κ3) is 9.84. The quantitative estimate of drug-likeness (QED) is 0.172. The Hall–Kier alpha value is -1.94. The molecule has 3 rings (SSSR count). The Bertz CT molecular complexity index is 882. The molecule has 1 heterocycles. The van der Waals surface area contributed by atoms with Gasteiger partial charge in [-0.05, 0) is 43.5 Å². The lowest BCUT2D eigenvalue weighted by Gasteiger charge is -2.33. The van der Waals surface area contributed by atoms with E-state index in [0.717, 1.165) is 42.6 Å². The lowest BCUT2D eigenvalue weighted by Crippen LogP contribution is -2.32. The van der Waals surface area contributed by atoms with E-state index in [0.29, 0.717) is 0 Å². The van der Waals surface area contributed by atoms with E-state index < -0.39 is 0 Å². The normalized spacial score (nSPS) is 17.7.